The van der Waals surface area contributed by atoms with Crippen LogP contribution in [0.15, 0.2) is 42.6 Å². The summed E-state index contributed by atoms with van der Waals surface area (Å²) < 4.78 is 0. The van der Waals surface area contributed by atoms with Gasteiger partial charge in [-0.1, -0.05) is 35.9 Å². The predicted molar refractivity (Wildman–Crippen MR) is 70.9 cm³/mol. The second-order valence-corrected chi connectivity index (χ2v) is 4.23. The lowest BCUT2D eigenvalue weighted by atomic mass is 10.2. The van der Waals surface area contributed by atoms with Crippen molar-refractivity contribution >= 4 is 11.6 Å². The molecule has 0 spiro atoms. The van der Waals surface area contributed by atoms with Crippen LogP contribution in [-0.2, 0) is 13.1 Å². The summed E-state index contributed by atoms with van der Waals surface area (Å²) >= 11 is 6.06. The summed E-state index contributed by atoms with van der Waals surface area (Å²) in [5.74, 6) is 0. The largest absolute Gasteiger partial charge is 0.308 e. The molecule has 0 saturated heterocycles. The van der Waals surface area contributed by atoms with Crippen LogP contribution >= 0.6 is 11.6 Å². The van der Waals surface area contributed by atoms with Gasteiger partial charge in [0.1, 0.15) is 11.8 Å². The molecule has 0 aliphatic heterocycles. The summed E-state index contributed by atoms with van der Waals surface area (Å²) in [5.41, 5.74) is 2.40. The van der Waals surface area contributed by atoms with Crippen LogP contribution in [0.5, 0.6) is 0 Å². The Morgan fingerprint density at radius 3 is 2.61 bits per heavy atom. The van der Waals surface area contributed by atoms with Crippen molar-refractivity contribution in [3.63, 3.8) is 0 Å². The van der Waals surface area contributed by atoms with Crippen LogP contribution in [0.4, 0.5) is 0 Å². The molecule has 2 aromatic rings. The first kappa shape index (κ1) is 12.6. The van der Waals surface area contributed by atoms with Gasteiger partial charge in [-0.25, -0.2) is 4.98 Å². The molecule has 1 N–H and O–H groups in total. The minimum Gasteiger partial charge on any atom is -0.308 e. The molecule has 1 aromatic heterocycles. The van der Waals surface area contributed by atoms with Crippen LogP contribution in [-0.4, -0.2) is 4.98 Å². The smallest absolute Gasteiger partial charge is 0.144 e. The maximum absolute atomic E-state index is 8.92. The molecule has 1 aromatic carbocycles. The van der Waals surface area contributed by atoms with E-state index in [4.69, 9.17) is 16.9 Å². The zero-order valence-electron chi connectivity index (χ0n) is 9.73. The van der Waals surface area contributed by atoms with Crippen LogP contribution in [0.2, 0.25) is 5.02 Å². The summed E-state index contributed by atoms with van der Waals surface area (Å²) in [6, 6.07) is 13.5. The summed E-state index contributed by atoms with van der Waals surface area (Å²) in [5, 5.41) is 12.9. The minimum absolute atomic E-state index is 0.462. The third-order valence-corrected chi connectivity index (χ3v) is 2.95. The maximum atomic E-state index is 8.92. The van der Waals surface area contributed by atoms with E-state index in [1.165, 1.54) is 0 Å². The van der Waals surface area contributed by atoms with Crippen LogP contribution < -0.4 is 5.32 Å². The highest BCUT2D eigenvalue weighted by Gasteiger charge is 2.02. The zero-order chi connectivity index (χ0) is 12.8. The Balaban J connectivity index is 1.97. The molecule has 0 aliphatic carbocycles. The van der Waals surface area contributed by atoms with E-state index in [1.807, 2.05) is 36.4 Å². The molecule has 3 nitrogen and oxygen atoms in total. The Bertz CT molecular complexity index is 575. The van der Waals surface area contributed by atoms with Crippen molar-refractivity contribution in [1.82, 2.24) is 10.3 Å². The Kier molecular flexibility index (Phi) is 4.30. The van der Waals surface area contributed by atoms with Gasteiger partial charge in [0.15, 0.2) is 0 Å². The average Bonchev–Trinajstić information content (AvgIpc) is 2.41. The monoisotopic (exact) mass is 257 g/mol. The number of nitriles is 1. The van der Waals surface area contributed by atoms with E-state index in [2.05, 4.69) is 16.4 Å². The second-order valence-electron chi connectivity index (χ2n) is 3.82. The average molecular weight is 258 g/mol. The van der Waals surface area contributed by atoms with Crippen molar-refractivity contribution in [1.29, 1.82) is 5.26 Å². The van der Waals surface area contributed by atoms with Crippen molar-refractivity contribution in [3.8, 4) is 6.07 Å². The number of rotatable bonds is 4. The number of aromatic nitrogens is 1. The van der Waals surface area contributed by atoms with E-state index >= 15 is 0 Å². The first-order valence-electron chi connectivity index (χ1n) is 5.59. The standard InChI is InChI=1S/C14H12ClN3/c15-13-6-2-1-4-11(13)9-17-10-12-5-3-7-18-14(12)8-16/h1-7,17H,9-10H2. The van der Waals surface area contributed by atoms with Gasteiger partial charge in [-0.15, -0.1) is 0 Å². The van der Waals surface area contributed by atoms with Gasteiger partial charge in [0, 0.05) is 29.9 Å². The van der Waals surface area contributed by atoms with Crippen molar-refractivity contribution < 1.29 is 0 Å². The van der Waals surface area contributed by atoms with Gasteiger partial charge < -0.3 is 5.32 Å². The molecule has 4 heteroatoms. The van der Waals surface area contributed by atoms with Gasteiger partial charge in [-0.2, -0.15) is 5.26 Å². The molecule has 90 valence electrons. The fourth-order valence-electron chi connectivity index (χ4n) is 1.66. The highest BCUT2D eigenvalue weighted by molar-refractivity contribution is 6.31. The zero-order valence-corrected chi connectivity index (χ0v) is 10.5. The van der Waals surface area contributed by atoms with Crippen molar-refractivity contribution in [2.45, 2.75) is 13.1 Å². The van der Waals surface area contributed by atoms with Gasteiger partial charge in [-0.05, 0) is 17.7 Å². The Morgan fingerprint density at radius 1 is 1.11 bits per heavy atom. The van der Waals surface area contributed by atoms with Crippen LogP contribution in [0.3, 0.4) is 0 Å². The summed E-state index contributed by atoms with van der Waals surface area (Å²) in [4.78, 5) is 4.01. The van der Waals surface area contributed by atoms with E-state index in [1.54, 1.807) is 6.20 Å². The third kappa shape index (κ3) is 3.07. The van der Waals surface area contributed by atoms with Gasteiger partial charge >= 0.3 is 0 Å². The maximum Gasteiger partial charge on any atom is 0.144 e. The molecular formula is C14H12ClN3. The Hall–Kier alpha value is -1.89. The molecular weight excluding hydrogens is 246 g/mol. The highest BCUT2D eigenvalue weighted by atomic mass is 35.5. The molecule has 0 bridgehead atoms. The number of benzene rings is 1. The molecule has 0 saturated carbocycles. The number of nitrogens with one attached hydrogen (secondary N) is 1. The molecule has 0 aliphatic rings. The second kappa shape index (κ2) is 6.15. The fraction of sp³-hybridized carbons (Fsp3) is 0.143. The van der Waals surface area contributed by atoms with Crippen molar-refractivity contribution in [3.05, 3.63) is 64.4 Å². The molecule has 0 radical (unpaired) electrons. The lowest BCUT2D eigenvalue weighted by molar-refractivity contribution is 0.690. The quantitative estimate of drug-likeness (QED) is 0.916. The van der Waals surface area contributed by atoms with Gasteiger partial charge in [-0.3, -0.25) is 0 Å². The fourth-order valence-corrected chi connectivity index (χ4v) is 1.86. The van der Waals surface area contributed by atoms with Gasteiger partial charge in [0.25, 0.3) is 0 Å². The topological polar surface area (TPSA) is 48.7 Å². The molecule has 0 fully saturated rings. The van der Waals surface area contributed by atoms with Gasteiger partial charge in [0.05, 0.1) is 0 Å². The summed E-state index contributed by atoms with van der Waals surface area (Å²) in [6.07, 6.45) is 1.62. The lowest BCUT2D eigenvalue weighted by Crippen LogP contribution is -2.14. The molecule has 0 amide bonds. The lowest BCUT2D eigenvalue weighted by Gasteiger charge is -2.07. The van der Waals surface area contributed by atoms with Crippen molar-refractivity contribution in [2.24, 2.45) is 0 Å². The SMILES string of the molecule is N#Cc1ncccc1CNCc1ccccc1Cl. The Labute approximate surface area is 111 Å². The highest BCUT2D eigenvalue weighted by Crippen LogP contribution is 2.14. The Morgan fingerprint density at radius 2 is 1.83 bits per heavy atom. The first-order chi connectivity index (χ1) is 8.81. The number of hydrogen-bond acceptors (Lipinski definition) is 3. The summed E-state index contributed by atoms with van der Waals surface area (Å²) in [7, 11) is 0. The van der Waals surface area contributed by atoms with Gasteiger partial charge in [0.2, 0.25) is 0 Å². The molecule has 18 heavy (non-hydrogen) atoms. The van der Waals surface area contributed by atoms with E-state index in [9.17, 15) is 0 Å². The normalized spacial score (nSPS) is 10.0. The van der Waals surface area contributed by atoms with Crippen LogP contribution in [0, 0.1) is 11.3 Å². The number of hydrogen-bond donors (Lipinski definition) is 1. The van der Waals surface area contributed by atoms with Crippen LogP contribution in [0.1, 0.15) is 16.8 Å². The van der Waals surface area contributed by atoms with Crippen LogP contribution in [0.25, 0.3) is 0 Å². The molecule has 1 heterocycles. The number of pyridine rings is 1. The van der Waals surface area contributed by atoms with E-state index in [0.717, 1.165) is 16.1 Å². The molecule has 0 unspecified atom stereocenters. The third-order valence-electron chi connectivity index (χ3n) is 2.59. The first-order valence-corrected chi connectivity index (χ1v) is 5.97. The molecule has 0 atom stereocenters. The van der Waals surface area contributed by atoms with Crippen molar-refractivity contribution in [2.75, 3.05) is 0 Å². The van der Waals surface area contributed by atoms with E-state index < -0.39 is 0 Å². The number of nitrogens with zero attached hydrogens (tertiary/aromatic N) is 2. The summed E-state index contributed by atoms with van der Waals surface area (Å²) in [6.45, 7) is 1.27. The minimum atomic E-state index is 0.462. The predicted octanol–water partition coefficient (Wildman–Crippen LogP) is 2.90. The van der Waals surface area contributed by atoms with E-state index in [0.29, 0.717) is 18.8 Å². The van der Waals surface area contributed by atoms with E-state index in [-0.39, 0.29) is 0 Å². The molecule has 2 rings (SSSR count). The number of halogens is 1.